The maximum atomic E-state index is 11.9. The van der Waals surface area contributed by atoms with E-state index in [0.29, 0.717) is 41.7 Å². The molecule has 7 atom stereocenters. The van der Waals surface area contributed by atoms with Gasteiger partial charge in [-0.05, 0) is 93.4 Å². The highest BCUT2D eigenvalue weighted by Gasteiger charge is 2.52. The van der Waals surface area contributed by atoms with Gasteiger partial charge in [-0.3, -0.25) is 0 Å². The fourth-order valence-corrected chi connectivity index (χ4v) is 6.83. The van der Waals surface area contributed by atoms with Crippen molar-refractivity contribution < 1.29 is 23.9 Å². The summed E-state index contributed by atoms with van der Waals surface area (Å²) < 4.78 is 30.3. The third-order valence-electron chi connectivity index (χ3n) is 8.49. The summed E-state index contributed by atoms with van der Waals surface area (Å²) in [5.74, 6) is 0.759. The van der Waals surface area contributed by atoms with E-state index in [1.165, 1.54) is 12.5 Å². The molecule has 4 aliphatic rings. The van der Waals surface area contributed by atoms with E-state index >= 15 is 0 Å². The molecule has 4 fully saturated rings. The number of carbonyl (C=O) groups is 1. The number of hydrogen-bond acceptors (Lipinski definition) is 4. The second-order valence-corrected chi connectivity index (χ2v) is 10.8. The zero-order valence-electron chi connectivity index (χ0n) is 22.2. The van der Waals surface area contributed by atoms with Gasteiger partial charge in [0.25, 0.3) is 0 Å². The Balaban J connectivity index is 1.52. The Morgan fingerprint density at radius 1 is 1.32 bits per heavy atom. The van der Waals surface area contributed by atoms with Crippen LogP contribution in [-0.2, 0) is 9.53 Å². The van der Waals surface area contributed by atoms with E-state index < -0.39 is 24.0 Å². The molecule has 0 bridgehead atoms. The highest BCUT2D eigenvalue weighted by molar-refractivity contribution is 5.80. The van der Waals surface area contributed by atoms with Crippen LogP contribution < -0.4 is 0 Å². The van der Waals surface area contributed by atoms with Crippen molar-refractivity contribution in [3.8, 4) is 0 Å². The summed E-state index contributed by atoms with van der Waals surface area (Å²) in [5, 5.41) is 20.5. The first-order valence-corrected chi connectivity index (χ1v) is 11.9. The standard InChI is InChI=1S/C27H40O4/c1-17-7-10-21(28)15-20(17)9-8-19-6-5-13-26(3)23(11-12-24(19)26)18(2)14-22-16-27(4,30)25(29)31-22/h8-9,18,21-24,28,30H,1,5-7,10-16H2,2-4H3/b19-8+,20-9-/t18-,21+,22+,23-,24+,26-,27-/m1/s1/i15D2,21D. The predicted octanol–water partition coefficient (Wildman–Crippen LogP) is 5.25. The average molecular weight is 432 g/mol. The summed E-state index contributed by atoms with van der Waals surface area (Å²) in [5.41, 5.74) is 1.09. The SMILES string of the molecule is [2H]C1([2H])/C(=C/C=C2\CCC[C@]3(C)[C@@H]([C@H](C)C[C@H]4C[C@@](C)(O)C(=O)O4)CC[C@@H]23)C(=C)CC[C@]1([2H])O. The first kappa shape index (κ1) is 19.1. The highest BCUT2D eigenvalue weighted by atomic mass is 16.6. The molecule has 3 aliphatic carbocycles. The molecule has 4 heteroatoms. The van der Waals surface area contributed by atoms with E-state index in [9.17, 15) is 15.0 Å². The van der Waals surface area contributed by atoms with Gasteiger partial charge in [-0.25, -0.2) is 4.79 Å². The molecule has 4 nitrogen and oxygen atoms in total. The van der Waals surface area contributed by atoms with E-state index in [2.05, 4.69) is 20.4 Å². The van der Waals surface area contributed by atoms with E-state index in [0.717, 1.165) is 38.5 Å². The van der Waals surface area contributed by atoms with Gasteiger partial charge in [-0.2, -0.15) is 0 Å². The minimum absolute atomic E-state index is 0.0543. The molecule has 0 radical (unpaired) electrons. The van der Waals surface area contributed by atoms with Crippen LogP contribution in [0.3, 0.4) is 0 Å². The smallest absolute Gasteiger partial charge is 0.338 e. The maximum absolute atomic E-state index is 11.9. The van der Waals surface area contributed by atoms with Crippen LogP contribution >= 0.6 is 0 Å². The van der Waals surface area contributed by atoms with Crippen LogP contribution in [0.15, 0.2) is 35.5 Å². The molecule has 1 aliphatic heterocycles. The number of rotatable bonds is 4. The summed E-state index contributed by atoms with van der Waals surface area (Å²) in [6.07, 6.45) is 6.29. The normalized spacial score (nSPS) is 50.0. The van der Waals surface area contributed by atoms with Gasteiger partial charge >= 0.3 is 5.97 Å². The molecule has 2 N–H and O–H groups in total. The number of carbonyl (C=O) groups excluding carboxylic acids is 1. The van der Waals surface area contributed by atoms with Crippen molar-refractivity contribution in [2.45, 2.75) is 103 Å². The molecule has 0 aromatic carbocycles. The lowest BCUT2D eigenvalue weighted by molar-refractivity contribution is -0.154. The fraction of sp³-hybridized carbons (Fsp3) is 0.741. The van der Waals surface area contributed by atoms with Crippen molar-refractivity contribution >= 4 is 5.97 Å². The van der Waals surface area contributed by atoms with Gasteiger partial charge in [0.15, 0.2) is 5.60 Å². The van der Waals surface area contributed by atoms with Crippen molar-refractivity contribution in [2.75, 3.05) is 0 Å². The third-order valence-corrected chi connectivity index (χ3v) is 8.49. The Kier molecular flexibility index (Phi) is 5.25. The summed E-state index contributed by atoms with van der Waals surface area (Å²) in [4.78, 5) is 11.9. The lowest BCUT2D eigenvalue weighted by atomic mass is 9.60. The Hall–Kier alpha value is -1.39. The van der Waals surface area contributed by atoms with Gasteiger partial charge in [0.05, 0.1) is 7.45 Å². The number of aliphatic hydroxyl groups is 2. The lowest BCUT2D eigenvalue weighted by Gasteiger charge is -2.44. The molecule has 0 spiro atoms. The highest BCUT2D eigenvalue weighted by Crippen LogP contribution is 2.60. The molecule has 0 aromatic heterocycles. The monoisotopic (exact) mass is 431 g/mol. The number of esters is 1. The zero-order valence-corrected chi connectivity index (χ0v) is 19.2. The molecule has 1 heterocycles. The van der Waals surface area contributed by atoms with Crippen LogP contribution in [0.4, 0.5) is 0 Å². The molecular formula is C27H40O4. The zero-order chi connectivity index (χ0) is 25.1. The Labute approximate surface area is 191 Å². The molecule has 0 unspecified atom stereocenters. The Morgan fingerprint density at radius 3 is 2.81 bits per heavy atom. The number of fused-ring (bicyclic) bond motifs is 1. The lowest BCUT2D eigenvalue weighted by Crippen LogP contribution is -2.36. The van der Waals surface area contributed by atoms with Gasteiger partial charge in [-0.1, -0.05) is 43.7 Å². The van der Waals surface area contributed by atoms with E-state index in [1.807, 2.05) is 6.08 Å². The molecule has 0 aromatic rings. The summed E-state index contributed by atoms with van der Waals surface area (Å²) >= 11 is 0. The molecule has 4 rings (SSSR count). The van der Waals surface area contributed by atoms with Crippen LogP contribution in [0, 0.1) is 23.2 Å². The topological polar surface area (TPSA) is 66.8 Å². The summed E-state index contributed by atoms with van der Waals surface area (Å²) in [6, 6.07) is 0. The van der Waals surface area contributed by atoms with Gasteiger partial charge in [-0.15, -0.1) is 0 Å². The number of allylic oxidation sites excluding steroid dienone is 4. The summed E-state index contributed by atoms with van der Waals surface area (Å²) in [6.45, 7) is 10.2. The average Bonchev–Trinajstić information content (AvgIpc) is 3.20. The second kappa shape index (κ2) is 8.51. The minimum Gasteiger partial charge on any atom is -0.460 e. The molecule has 1 saturated heterocycles. The van der Waals surface area contributed by atoms with Crippen LogP contribution in [-0.4, -0.2) is 34.0 Å². The third kappa shape index (κ3) is 4.43. The van der Waals surface area contributed by atoms with Crippen LogP contribution in [0.1, 0.15) is 89.0 Å². The number of ether oxygens (including phenoxy) is 1. The van der Waals surface area contributed by atoms with Crippen molar-refractivity contribution in [1.29, 1.82) is 0 Å². The van der Waals surface area contributed by atoms with E-state index in [-0.39, 0.29) is 17.9 Å². The largest absolute Gasteiger partial charge is 0.460 e. The van der Waals surface area contributed by atoms with E-state index in [4.69, 9.17) is 8.85 Å². The Morgan fingerprint density at radius 2 is 2.10 bits per heavy atom. The minimum atomic E-state index is -2.15. The van der Waals surface area contributed by atoms with Crippen LogP contribution in [0.2, 0.25) is 0 Å². The Bertz CT molecular complexity index is 919. The number of hydrogen-bond donors (Lipinski definition) is 2. The first-order chi connectivity index (χ1) is 15.7. The molecule has 31 heavy (non-hydrogen) atoms. The van der Waals surface area contributed by atoms with Crippen molar-refractivity contribution in [2.24, 2.45) is 23.2 Å². The molecular weight excluding hydrogens is 388 g/mol. The summed E-state index contributed by atoms with van der Waals surface area (Å²) in [7, 11) is 0. The van der Waals surface area contributed by atoms with Gasteiger partial charge < -0.3 is 14.9 Å². The molecule has 3 saturated carbocycles. The van der Waals surface area contributed by atoms with Crippen molar-refractivity contribution in [3.63, 3.8) is 0 Å². The van der Waals surface area contributed by atoms with Gasteiger partial charge in [0.2, 0.25) is 0 Å². The van der Waals surface area contributed by atoms with Crippen LogP contribution in [0.5, 0.6) is 0 Å². The quantitative estimate of drug-likeness (QED) is 0.597. The number of cyclic esters (lactones) is 1. The van der Waals surface area contributed by atoms with Crippen molar-refractivity contribution in [3.05, 3.63) is 35.5 Å². The van der Waals surface area contributed by atoms with Gasteiger partial charge in [0.1, 0.15) is 6.10 Å². The van der Waals surface area contributed by atoms with Gasteiger partial charge in [0, 0.05) is 9.16 Å². The van der Waals surface area contributed by atoms with Crippen molar-refractivity contribution in [1.82, 2.24) is 0 Å². The molecule has 0 amide bonds. The maximum Gasteiger partial charge on any atom is 0.338 e. The van der Waals surface area contributed by atoms with Crippen LogP contribution in [0.25, 0.3) is 0 Å². The second-order valence-electron chi connectivity index (χ2n) is 10.8. The van der Waals surface area contributed by atoms with E-state index in [1.54, 1.807) is 6.08 Å². The first-order valence-electron chi connectivity index (χ1n) is 13.4. The predicted molar refractivity (Wildman–Crippen MR) is 122 cm³/mol. The molecule has 172 valence electrons. The fourth-order valence-electron chi connectivity index (χ4n) is 6.83.